The predicted molar refractivity (Wildman–Crippen MR) is 131 cm³/mol. The summed E-state index contributed by atoms with van der Waals surface area (Å²) in [6, 6.07) is 28.9. The minimum absolute atomic E-state index is 0.0554. The van der Waals surface area contributed by atoms with Crippen molar-refractivity contribution in [3.05, 3.63) is 114 Å². The Hall–Kier alpha value is -3.81. The summed E-state index contributed by atoms with van der Waals surface area (Å²) >= 11 is 0. The average molecular weight is 422 g/mol. The van der Waals surface area contributed by atoms with Crippen LogP contribution in [0, 0.1) is 11.3 Å². The van der Waals surface area contributed by atoms with Gasteiger partial charge in [-0.1, -0.05) is 60.7 Å². The molecular weight excluding hydrogens is 394 g/mol. The fourth-order valence-electron chi connectivity index (χ4n) is 4.02. The molecule has 32 heavy (non-hydrogen) atoms. The van der Waals surface area contributed by atoms with Crippen LogP contribution in [-0.4, -0.2) is 23.8 Å². The van der Waals surface area contributed by atoms with E-state index < -0.39 is 0 Å². The van der Waals surface area contributed by atoms with Gasteiger partial charge in [0.1, 0.15) is 0 Å². The minimum atomic E-state index is 0.0554. The molecule has 4 nitrogen and oxygen atoms in total. The van der Waals surface area contributed by atoms with Crippen LogP contribution in [0.2, 0.25) is 0 Å². The van der Waals surface area contributed by atoms with Crippen LogP contribution >= 0.6 is 0 Å². The van der Waals surface area contributed by atoms with Gasteiger partial charge < -0.3 is 14.6 Å². The van der Waals surface area contributed by atoms with Gasteiger partial charge in [0.2, 0.25) is 0 Å². The van der Waals surface area contributed by atoms with E-state index >= 15 is 0 Å². The molecule has 0 aliphatic rings. The summed E-state index contributed by atoms with van der Waals surface area (Å²) in [5.41, 5.74) is 5.33. The summed E-state index contributed by atoms with van der Waals surface area (Å²) < 4.78 is 8.13. The van der Waals surface area contributed by atoms with E-state index in [-0.39, 0.29) is 6.04 Å². The molecule has 0 aliphatic heterocycles. The van der Waals surface area contributed by atoms with Crippen LogP contribution in [0.4, 0.5) is 5.69 Å². The molecule has 0 aliphatic carbocycles. The second-order valence-corrected chi connectivity index (χ2v) is 7.85. The van der Waals surface area contributed by atoms with Gasteiger partial charge in [-0.3, -0.25) is 0 Å². The van der Waals surface area contributed by atoms with Crippen molar-refractivity contribution >= 4 is 16.6 Å². The zero-order chi connectivity index (χ0) is 22.2. The summed E-state index contributed by atoms with van der Waals surface area (Å²) in [5, 5.41) is 14.1. The Kier molecular flexibility index (Phi) is 7.01. The SMILES string of the molecule is C=CCOC[C@H](Cc1cn(Cc2ccccc2)c2ccccc12)Nc1cccc(C#N)c1. The Balaban J connectivity index is 1.61. The lowest BCUT2D eigenvalue weighted by Crippen LogP contribution is -2.28. The zero-order valence-corrected chi connectivity index (χ0v) is 18.1. The molecule has 0 radical (unpaired) electrons. The zero-order valence-electron chi connectivity index (χ0n) is 18.1. The van der Waals surface area contributed by atoms with Gasteiger partial charge in [-0.25, -0.2) is 0 Å². The number of para-hydroxylation sites is 1. The molecule has 4 aromatic rings. The average Bonchev–Trinajstić information content (AvgIpc) is 3.17. The molecule has 0 fully saturated rings. The number of ether oxygens (including phenoxy) is 1. The second kappa shape index (κ2) is 10.5. The Morgan fingerprint density at radius 1 is 1.03 bits per heavy atom. The summed E-state index contributed by atoms with van der Waals surface area (Å²) in [7, 11) is 0. The van der Waals surface area contributed by atoms with Gasteiger partial charge in [-0.15, -0.1) is 6.58 Å². The summed E-state index contributed by atoms with van der Waals surface area (Å²) in [6.45, 7) is 5.63. The van der Waals surface area contributed by atoms with Crippen molar-refractivity contribution in [3.8, 4) is 6.07 Å². The molecule has 4 rings (SSSR count). The smallest absolute Gasteiger partial charge is 0.0992 e. The van der Waals surface area contributed by atoms with Crippen molar-refractivity contribution in [1.82, 2.24) is 4.57 Å². The van der Waals surface area contributed by atoms with Gasteiger partial charge in [-0.05, 0) is 41.8 Å². The second-order valence-electron chi connectivity index (χ2n) is 7.85. The summed E-state index contributed by atoms with van der Waals surface area (Å²) in [6.07, 6.45) is 4.82. The van der Waals surface area contributed by atoms with Gasteiger partial charge in [0.15, 0.2) is 0 Å². The van der Waals surface area contributed by atoms with Crippen LogP contribution in [0.5, 0.6) is 0 Å². The first-order chi connectivity index (χ1) is 15.8. The number of hydrogen-bond donors (Lipinski definition) is 1. The van der Waals surface area contributed by atoms with E-state index in [0.29, 0.717) is 18.8 Å². The molecule has 0 saturated carbocycles. The van der Waals surface area contributed by atoms with Crippen LogP contribution in [0.3, 0.4) is 0 Å². The van der Waals surface area contributed by atoms with Crippen LogP contribution in [0.25, 0.3) is 10.9 Å². The number of nitrogens with zero attached hydrogens (tertiary/aromatic N) is 2. The first-order valence-corrected chi connectivity index (χ1v) is 10.8. The molecule has 1 heterocycles. The molecule has 0 unspecified atom stereocenters. The van der Waals surface area contributed by atoms with Crippen molar-refractivity contribution in [2.45, 2.75) is 19.0 Å². The first kappa shape index (κ1) is 21.4. The third kappa shape index (κ3) is 5.26. The standard InChI is InChI=1S/C28H27N3O/c1-2-15-32-21-26(30-25-12-8-11-23(16-25)18-29)17-24-20-31(19-22-9-4-3-5-10-22)28-14-7-6-13-27(24)28/h2-14,16,20,26,30H,1,15,17,19,21H2/t26-/m0/s1. The predicted octanol–water partition coefficient (Wildman–Crippen LogP) is 5.79. The lowest BCUT2D eigenvalue weighted by atomic mass is 10.0. The molecule has 0 bridgehead atoms. The first-order valence-electron chi connectivity index (χ1n) is 10.8. The van der Waals surface area contributed by atoms with Gasteiger partial charge in [0, 0.05) is 29.3 Å². The molecule has 1 N–H and O–H groups in total. The van der Waals surface area contributed by atoms with Crippen molar-refractivity contribution in [2.75, 3.05) is 18.5 Å². The fourth-order valence-corrected chi connectivity index (χ4v) is 4.02. The maximum Gasteiger partial charge on any atom is 0.0992 e. The number of nitrogens with one attached hydrogen (secondary N) is 1. The monoisotopic (exact) mass is 421 g/mol. The third-order valence-corrected chi connectivity index (χ3v) is 5.45. The highest BCUT2D eigenvalue weighted by Gasteiger charge is 2.15. The number of aromatic nitrogens is 1. The summed E-state index contributed by atoms with van der Waals surface area (Å²) in [5.74, 6) is 0. The molecule has 0 amide bonds. The maximum absolute atomic E-state index is 9.23. The molecule has 0 saturated heterocycles. The number of anilines is 1. The van der Waals surface area contributed by atoms with E-state index in [1.165, 1.54) is 22.0 Å². The van der Waals surface area contributed by atoms with Gasteiger partial charge in [0.05, 0.1) is 30.9 Å². The number of benzene rings is 3. The maximum atomic E-state index is 9.23. The lowest BCUT2D eigenvalue weighted by molar-refractivity contribution is 0.152. The molecule has 1 aromatic heterocycles. The number of rotatable bonds is 10. The molecule has 3 aromatic carbocycles. The summed E-state index contributed by atoms with van der Waals surface area (Å²) in [4.78, 5) is 0. The van der Waals surface area contributed by atoms with E-state index in [1.54, 1.807) is 6.08 Å². The highest BCUT2D eigenvalue weighted by Crippen LogP contribution is 2.25. The van der Waals surface area contributed by atoms with Crippen LogP contribution in [-0.2, 0) is 17.7 Å². The molecule has 0 spiro atoms. The largest absolute Gasteiger partial charge is 0.380 e. The third-order valence-electron chi connectivity index (χ3n) is 5.45. The molecule has 4 heteroatoms. The van der Waals surface area contributed by atoms with Crippen molar-refractivity contribution in [3.63, 3.8) is 0 Å². The number of fused-ring (bicyclic) bond motifs is 1. The van der Waals surface area contributed by atoms with Crippen molar-refractivity contribution < 1.29 is 4.74 Å². The van der Waals surface area contributed by atoms with Gasteiger partial charge in [0.25, 0.3) is 0 Å². The minimum Gasteiger partial charge on any atom is -0.380 e. The molecule has 1 atom stereocenters. The van der Waals surface area contributed by atoms with Crippen molar-refractivity contribution in [2.24, 2.45) is 0 Å². The Morgan fingerprint density at radius 3 is 2.66 bits per heavy atom. The highest BCUT2D eigenvalue weighted by atomic mass is 16.5. The number of hydrogen-bond acceptors (Lipinski definition) is 3. The van der Waals surface area contributed by atoms with E-state index in [1.807, 2.05) is 30.3 Å². The quantitative estimate of drug-likeness (QED) is 0.261. The van der Waals surface area contributed by atoms with Gasteiger partial charge in [-0.2, -0.15) is 5.26 Å². The Labute approximate surface area is 189 Å². The number of nitriles is 1. The normalized spacial score (nSPS) is 11.7. The Morgan fingerprint density at radius 2 is 1.84 bits per heavy atom. The van der Waals surface area contributed by atoms with E-state index in [9.17, 15) is 5.26 Å². The lowest BCUT2D eigenvalue weighted by Gasteiger charge is -2.20. The van der Waals surface area contributed by atoms with E-state index in [4.69, 9.17) is 4.74 Å². The highest BCUT2D eigenvalue weighted by molar-refractivity contribution is 5.84. The van der Waals surface area contributed by atoms with E-state index in [0.717, 1.165) is 18.7 Å². The van der Waals surface area contributed by atoms with Gasteiger partial charge >= 0.3 is 0 Å². The topological polar surface area (TPSA) is 50.0 Å². The fraction of sp³-hybridized carbons (Fsp3) is 0.179. The Bertz CT molecular complexity index is 1220. The van der Waals surface area contributed by atoms with Crippen LogP contribution in [0.1, 0.15) is 16.7 Å². The van der Waals surface area contributed by atoms with Crippen LogP contribution in [0.15, 0.2) is 97.7 Å². The van der Waals surface area contributed by atoms with Crippen LogP contribution < -0.4 is 5.32 Å². The molecular formula is C28H27N3O. The molecule has 160 valence electrons. The van der Waals surface area contributed by atoms with E-state index in [2.05, 4.69) is 77.3 Å². The van der Waals surface area contributed by atoms with Crippen molar-refractivity contribution in [1.29, 1.82) is 5.26 Å².